The van der Waals surface area contributed by atoms with Crippen molar-refractivity contribution in [3.63, 3.8) is 0 Å². The molecule has 0 spiro atoms. The molecule has 0 aliphatic heterocycles. The van der Waals surface area contributed by atoms with Crippen LogP contribution < -0.4 is 24.1 Å². The number of aromatic nitrogens is 1. The summed E-state index contributed by atoms with van der Waals surface area (Å²) >= 11 is -4.09. The molecule has 4 heteroatoms. The second-order valence-electron chi connectivity index (χ2n) is 7.55. The zero-order valence-corrected chi connectivity index (χ0v) is 20.4. The summed E-state index contributed by atoms with van der Waals surface area (Å²) in [6.45, 7) is 0. The van der Waals surface area contributed by atoms with Crippen molar-refractivity contribution in [2.75, 3.05) is 0 Å². The first-order valence-electron chi connectivity index (χ1n) is 7.31. The van der Waals surface area contributed by atoms with Crippen LogP contribution in [-0.4, -0.2) is 36.8 Å². The van der Waals surface area contributed by atoms with Crippen LogP contribution in [0.15, 0.2) is 48.8 Å². The van der Waals surface area contributed by atoms with Crippen molar-refractivity contribution >= 4 is 43.9 Å². The van der Waals surface area contributed by atoms with E-state index in [1.165, 1.54) is 5.69 Å². The fraction of sp³-hybridized carbons (Fsp3) is 0.353. The van der Waals surface area contributed by atoms with Gasteiger partial charge in [-0.2, -0.15) is 0 Å². The van der Waals surface area contributed by atoms with Gasteiger partial charge in [0.15, 0.2) is 0 Å². The first kappa shape index (κ1) is 19.3. The van der Waals surface area contributed by atoms with Crippen LogP contribution in [0.2, 0.25) is 29.6 Å². The van der Waals surface area contributed by atoms with Crippen LogP contribution in [0.1, 0.15) is 0 Å². The fourth-order valence-electron chi connectivity index (χ4n) is 2.20. The van der Waals surface area contributed by atoms with E-state index in [1.807, 2.05) is 0 Å². The molecular weight excluding hydrogens is 491 g/mol. The summed E-state index contributed by atoms with van der Waals surface area (Å²) in [6, 6.07) is 13.7. The third kappa shape index (κ3) is 5.14. The van der Waals surface area contributed by atoms with Crippen molar-refractivity contribution in [1.82, 2.24) is 0 Å². The maximum absolute atomic E-state index is 2.54. The third-order valence-corrected chi connectivity index (χ3v) is 15.2. The summed E-state index contributed by atoms with van der Waals surface area (Å²) in [5, 5.41) is 0. The Morgan fingerprint density at radius 3 is 1.48 bits per heavy atom. The summed E-state index contributed by atoms with van der Waals surface area (Å²) in [5.41, 5.74) is 1.34. The summed E-state index contributed by atoms with van der Waals surface area (Å²) in [4.78, 5) is 15.0. The van der Waals surface area contributed by atoms with E-state index in [4.69, 9.17) is 0 Å². The number of nitrogens with zero attached hydrogens (tertiary/aromatic N) is 1. The van der Waals surface area contributed by atoms with E-state index in [0.29, 0.717) is 0 Å². The topological polar surface area (TPSA) is 3.88 Å². The Kier molecular flexibility index (Phi) is 6.64. The van der Waals surface area contributed by atoms with Gasteiger partial charge in [-0.1, -0.05) is 0 Å². The molecule has 21 heavy (non-hydrogen) atoms. The van der Waals surface area contributed by atoms with Crippen LogP contribution in [0.4, 0.5) is 0 Å². The maximum atomic E-state index is 2.54. The van der Waals surface area contributed by atoms with Gasteiger partial charge in [0.1, 0.15) is 0 Å². The van der Waals surface area contributed by atoms with Crippen molar-refractivity contribution in [3.8, 4) is 5.69 Å². The monoisotopic (exact) mass is 519 g/mol. The molecule has 2 rings (SSSR count). The second-order valence-corrected chi connectivity index (χ2v) is 36.5. The molecule has 0 bridgehead atoms. The molecule has 0 saturated heterocycles. The molecule has 1 heterocycles. The zero-order chi connectivity index (χ0) is 15.0. The molecule has 114 valence electrons. The van der Waals surface area contributed by atoms with Crippen LogP contribution in [0.25, 0.3) is 5.69 Å². The van der Waals surface area contributed by atoms with E-state index in [0.717, 1.165) is 0 Å². The van der Waals surface area contributed by atoms with Gasteiger partial charge in [-0.05, 0) is 0 Å². The average molecular weight is 517 g/mol. The van der Waals surface area contributed by atoms with Crippen LogP contribution in [-0.2, 0) is 0 Å². The normalized spacial score (nSPS) is 11.9. The summed E-state index contributed by atoms with van der Waals surface area (Å²) in [5.74, 6) is 0. The molecule has 0 radical (unpaired) electrons. The SMILES string of the molecule is [CH3][Sn]([CH3])([CH3])[c]1cc(-[n+]2ccccc2)c[c]([Sn]([CH3])([CH3])[CH3])c1.[Cl-]. The van der Waals surface area contributed by atoms with Crippen LogP contribution >= 0.6 is 0 Å². The van der Waals surface area contributed by atoms with Gasteiger partial charge in [-0.15, -0.1) is 0 Å². The number of rotatable bonds is 3. The Bertz CT molecular complexity index is 566. The summed E-state index contributed by atoms with van der Waals surface area (Å²) in [6.07, 6.45) is 4.30. The molecule has 0 aliphatic rings. The van der Waals surface area contributed by atoms with Gasteiger partial charge in [0.25, 0.3) is 0 Å². The van der Waals surface area contributed by atoms with Gasteiger partial charge in [-0.25, -0.2) is 0 Å². The number of benzene rings is 1. The number of pyridine rings is 1. The standard InChI is InChI=1S/C11H8N.6CH3.ClH.2Sn/c1-3-7-11(8-4-1)12-9-5-2-6-10-12;;;;;;;;;/h1-2,5-10H;6*1H3;1H;;/q+1;;;;;;;;;/p-1. The van der Waals surface area contributed by atoms with E-state index < -0.39 is 36.8 Å². The largest absolute Gasteiger partial charge is 1.00 e. The number of hydrogen-bond donors (Lipinski definition) is 0. The molecule has 0 unspecified atom stereocenters. The minimum Gasteiger partial charge on any atom is -1.00 e. The van der Waals surface area contributed by atoms with Crippen molar-refractivity contribution in [2.45, 2.75) is 29.6 Å². The van der Waals surface area contributed by atoms with Crippen LogP contribution in [0.3, 0.4) is 0 Å². The predicted octanol–water partition coefficient (Wildman–Crippen LogP) is 0.0577. The molecule has 0 fully saturated rings. The maximum Gasteiger partial charge on any atom is -1.00 e. The second kappa shape index (κ2) is 7.22. The molecule has 2 aromatic rings. The van der Waals surface area contributed by atoms with Crippen LogP contribution in [0, 0.1) is 0 Å². The Balaban J connectivity index is 0.00000220. The quantitative estimate of drug-likeness (QED) is 0.401. The Labute approximate surface area is 143 Å². The average Bonchev–Trinajstić information content (AvgIpc) is 2.37. The summed E-state index contributed by atoms with van der Waals surface area (Å²) < 4.78 is 5.55. The number of halogens is 1. The van der Waals surface area contributed by atoms with E-state index >= 15 is 0 Å². The van der Waals surface area contributed by atoms with E-state index in [-0.39, 0.29) is 12.4 Å². The molecule has 0 amide bonds. The van der Waals surface area contributed by atoms with E-state index in [2.05, 4.69) is 83.0 Å². The smallest absolute Gasteiger partial charge is 1.00 e. The van der Waals surface area contributed by atoms with Gasteiger partial charge in [0.05, 0.1) is 0 Å². The van der Waals surface area contributed by atoms with Gasteiger partial charge < -0.3 is 12.4 Å². The predicted molar refractivity (Wildman–Crippen MR) is 93.9 cm³/mol. The third-order valence-electron chi connectivity index (χ3n) is 3.66. The molecule has 1 nitrogen and oxygen atoms in total. The number of hydrogen-bond acceptors (Lipinski definition) is 0. The van der Waals surface area contributed by atoms with Gasteiger partial charge in [0, 0.05) is 0 Å². The molecule has 1 aromatic heterocycles. The van der Waals surface area contributed by atoms with Crippen LogP contribution in [0.5, 0.6) is 0 Å². The first-order valence-corrected chi connectivity index (χ1v) is 27.3. The Hall–Kier alpha value is 0.257. The molecule has 1 aromatic carbocycles. The van der Waals surface area contributed by atoms with Gasteiger partial charge in [0.2, 0.25) is 0 Å². The van der Waals surface area contributed by atoms with E-state index in [9.17, 15) is 0 Å². The minimum atomic E-state index is -2.04. The van der Waals surface area contributed by atoms with Gasteiger partial charge >= 0.3 is 133 Å². The van der Waals surface area contributed by atoms with E-state index in [1.54, 1.807) is 7.16 Å². The molecule has 0 aliphatic carbocycles. The van der Waals surface area contributed by atoms with Crippen molar-refractivity contribution in [2.24, 2.45) is 0 Å². The molecule has 0 saturated carbocycles. The summed E-state index contributed by atoms with van der Waals surface area (Å²) in [7, 11) is 0. The van der Waals surface area contributed by atoms with Crippen molar-refractivity contribution in [3.05, 3.63) is 48.8 Å². The first-order chi connectivity index (χ1) is 9.18. The zero-order valence-electron chi connectivity index (χ0n) is 13.9. The van der Waals surface area contributed by atoms with Crippen molar-refractivity contribution < 1.29 is 17.0 Å². The molecule has 0 atom stereocenters. The van der Waals surface area contributed by atoms with Crippen molar-refractivity contribution in [1.29, 1.82) is 0 Å². The van der Waals surface area contributed by atoms with Gasteiger partial charge in [-0.3, -0.25) is 0 Å². The minimum absolute atomic E-state index is 0. The molecular formula is C17H26ClNSn2. The Morgan fingerprint density at radius 2 is 1.10 bits per heavy atom. The molecule has 0 N–H and O–H groups in total. The fourth-order valence-corrected chi connectivity index (χ4v) is 10.0. The Morgan fingerprint density at radius 1 is 0.667 bits per heavy atom.